The van der Waals surface area contributed by atoms with Crippen molar-refractivity contribution in [3.8, 4) is 0 Å². The van der Waals surface area contributed by atoms with Gasteiger partial charge < -0.3 is 0 Å². The third-order valence-electron chi connectivity index (χ3n) is 5.42. The number of rotatable bonds is 3. The van der Waals surface area contributed by atoms with Crippen LogP contribution in [0.5, 0.6) is 0 Å². The Balaban J connectivity index is 1.46. The third kappa shape index (κ3) is 2.10. The van der Waals surface area contributed by atoms with E-state index in [-0.39, 0.29) is 57.3 Å². The molecule has 7 atom stereocenters. The van der Waals surface area contributed by atoms with Crippen LogP contribution in [0.4, 0.5) is 0 Å². The molecule has 2 bridgehead atoms. The van der Waals surface area contributed by atoms with E-state index in [1.807, 2.05) is 6.92 Å². The van der Waals surface area contributed by atoms with Gasteiger partial charge in [-0.3, -0.25) is 0 Å². The van der Waals surface area contributed by atoms with E-state index in [9.17, 15) is 9.59 Å². The van der Waals surface area contributed by atoms with Crippen LogP contribution in [0.1, 0.15) is 19.8 Å². The zero-order valence-corrected chi connectivity index (χ0v) is 15.8. The topological polar surface area (TPSA) is 74.5 Å². The van der Waals surface area contributed by atoms with Crippen molar-refractivity contribution in [2.45, 2.75) is 32.7 Å². The van der Waals surface area contributed by atoms with Gasteiger partial charge in [0, 0.05) is 0 Å². The molecule has 5 nitrogen and oxygen atoms in total. The molecule has 21 heavy (non-hydrogen) atoms. The number of nitrogens with one attached hydrogen (secondary N) is 1. The van der Waals surface area contributed by atoms with Gasteiger partial charge in [-0.15, -0.1) is 0 Å². The third-order valence-corrected chi connectivity index (χ3v) is 10.5. The van der Waals surface area contributed by atoms with Gasteiger partial charge in [-0.2, -0.15) is 0 Å². The molecule has 0 aromatic carbocycles. The molecule has 8 heteroatoms. The van der Waals surface area contributed by atoms with Crippen LogP contribution in [0.2, 0.25) is 0 Å². The van der Waals surface area contributed by atoms with Crippen LogP contribution in [-0.4, -0.2) is 39.4 Å². The summed E-state index contributed by atoms with van der Waals surface area (Å²) >= 11 is 1.79. The molecule has 4 rings (SSSR count). The Bertz CT molecular complexity index is 524. The Morgan fingerprint density at radius 2 is 2.29 bits per heavy atom. The predicted octanol–water partition coefficient (Wildman–Crippen LogP) is -2.65. The van der Waals surface area contributed by atoms with E-state index in [1.165, 1.54) is 0 Å². The molecule has 2 saturated heterocycles. The van der Waals surface area contributed by atoms with E-state index in [0.29, 0.717) is 12.5 Å². The molecule has 2 radical (unpaired) electrons. The Labute approximate surface area is 148 Å². The fourth-order valence-corrected chi connectivity index (χ4v) is 7.08. The van der Waals surface area contributed by atoms with Crippen LogP contribution in [0, 0.1) is 23.7 Å². The summed E-state index contributed by atoms with van der Waals surface area (Å²) in [4.78, 5) is 24.2. The number of fused-ring (bicyclic) bond motifs is 5. The number of alkyl halides is 2. The van der Waals surface area contributed by atoms with Crippen molar-refractivity contribution in [3.63, 3.8) is 0 Å². The van der Waals surface area contributed by atoms with Gasteiger partial charge in [0.2, 0.25) is 0 Å². The predicted molar refractivity (Wildman–Crippen MR) is 78.1 cm³/mol. The van der Waals surface area contributed by atoms with Gasteiger partial charge >= 0.3 is 149 Å². The number of cyclic esters (lactones) is 1. The van der Waals surface area contributed by atoms with Gasteiger partial charge in [0.15, 0.2) is 0 Å². The van der Waals surface area contributed by atoms with Crippen molar-refractivity contribution in [2.75, 3.05) is 6.61 Å². The summed E-state index contributed by atoms with van der Waals surface area (Å²) in [7, 11) is 6.14. The van der Waals surface area contributed by atoms with Crippen LogP contribution in [-0.2, 0) is 19.1 Å². The van der Waals surface area contributed by atoms with Gasteiger partial charge in [0.25, 0.3) is 0 Å². The molecule has 0 aromatic heterocycles. The van der Waals surface area contributed by atoms with Crippen molar-refractivity contribution in [3.05, 3.63) is 0 Å². The average Bonchev–Trinajstić information content (AvgIpc) is 2.81. The second kappa shape index (κ2) is 4.72. The molecule has 1 N–H and O–H groups in total. The molecule has 0 aromatic rings. The quantitative estimate of drug-likeness (QED) is 0.0849. The molecule has 2 saturated carbocycles. The maximum absolute atomic E-state index is 12.5. The maximum atomic E-state index is 12.5. The van der Waals surface area contributed by atoms with Gasteiger partial charge in [0.05, 0.1) is 0 Å². The zero-order chi connectivity index (χ0) is 15.0. The van der Waals surface area contributed by atoms with E-state index < -0.39 is 6.87 Å². The Hall–Kier alpha value is 0.425. The van der Waals surface area contributed by atoms with Gasteiger partial charge in [-0.25, -0.2) is 0 Å². The summed E-state index contributed by atoms with van der Waals surface area (Å²) in [6.07, 6.45) is 1.70. The van der Waals surface area contributed by atoms with Gasteiger partial charge in [-0.05, 0) is 0 Å². The van der Waals surface area contributed by atoms with E-state index in [4.69, 9.17) is 17.3 Å². The zero-order valence-electron chi connectivity index (χ0n) is 11.5. The molecule has 7 unspecified atom stereocenters. The molecule has 0 amide bonds. The van der Waals surface area contributed by atoms with Crippen LogP contribution in [0.3, 0.4) is 0 Å². The molecule has 4 fully saturated rings. The average molecular weight is 514 g/mol. The van der Waals surface area contributed by atoms with Gasteiger partial charge in [0.1, 0.15) is 0 Å². The number of esters is 2. The second-order valence-corrected chi connectivity index (χ2v) is 11.5. The molecular weight excluding hydrogens is 499 g/mol. The molecule has 4 aliphatic rings. The summed E-state index contributed by atoms with van der Waals surface area (Å²) in [6.45, 7) is 2.34. The molecular formula is C13H15BI2NO4-. The molecule has 2 aliphatic heterocycles. The minimum absolute atomic E-state index is 0.0488. The summed E-state index contributed by atoms with van der Waals surface area (Å²) in [5.41, 5.74) is 0. The molecule has 2 heterocycles. The van der Waals surface area contributed by atoms with E-state index >= 15 is 0 Å². The molecule has 2 aliphatic carbocycles. The fraction of sp³-hybridized carbons (Fsp3) is 0.846. The first kappa shape index (κ1) is 15.0. The number of halogens is 2. The normalized spacial score (nSPS) is 49.8. The Morgan fingerprint density at radius 1 is 1.57 bits per heavy atom. The van der Waals surface area contributed by atoms with E-state index in [2.05, 4.69) is 26.1 Å². The number of hydrogen-bond acceptors (Lipinski definition) is 5. The first-order valence-corrected chi connectivity index (χ1v) is 10.3. The van der Waals surface area contributed by atoms with Crippen molar-refractivity contribution in [1.82, 2.24) is 3.53 Å². The van der Waals surface area contributed by atoms with Crippen LogP contribution >= 0.6 is 22.6 Å². The van der Waals surface area contributed by atoms with E-state index in [0.717, 1.165) is 12.8 Å². The standard InChI is InChI=1S/C13H15BI2NO4/c1-12(15,13(14)16-17-13)11(19)21-8-3-5-2-6(8)7-4-20-10(18)9(5)7/h5-9,17H,2-4H2,1H3/q-1. The van der Waals surface area contributed by atoms with Crippen molar-refractivity contribution >= 4 is 42.4 Å². The minimum atomic E-state index is -0.721. The fourth-order valence-electron chi connectivity index (χ4n) is 4.06. The first-order valence-electron chi connectivity index (χ1n) is 7.11. The number of carbonyl (C=O) groups is 2. The van der Waals surface area contributed by atoms with Gasteiger partial charge in [-0.1, -0.05) is 0 Å². The summed E-state index contributed by atoms with van der Waals surface area (Å²) < 4.78 is 12.9. The number of hydrogen-bond donors (Lipinski definition) is 1. The van der Waals surface area contributed by atoms with Crippen LogP contribution in [0.15, 0.2) is 0 Å². The SMILES string of the molecule is [B]C1(C(C)(I)C(=O)OC2CC3CC2C2COC(=O)C32)N[I-]1. The summed E-state index contributed by atoms with van der Waals surface area (Å²) in [6, 6.07) is 0. The van der Waals surface area contributed by atoms with E-state index in [1.54, 1.807) is 0 Å². The van der Waals surface area contributed by atoms with Crippen molar-refractivity contribution < 1.29 is 40.5 Å². The first-order chi connectivity index (χ1) is 9.83. The summed E-state index contributed by atoms with van der Waals surface area (Å²) in [5, 5.41) is 0. The Morgan fingerprint density at radius 3 is 2.95 bits per heavy atom. The molecule has 0 spiro atoms. The second-order valence-electron chi connectivity index (χ2n) is 6.56. The van der Waals surface area contributed by atoms with Crippen molar-refractivity contribution in [1.29, 1.82) is 0 Å². The number of carbonyl (C=O) groups excluding carboxylic acids is 2. The van der Waals surface area contributed by atoms with Crippen molar-refractivity contribution in [2.24, 2.45) is 23.7 Å². The van der Waals surface area contributed by atoms with Crippen LogP contribution in [0.25, 0.3) is 0 Å². The summed E-state index contributed by atoms with van der Waals surface area (Å²) in [5.74, 6) is 0.615. The number of ether oxygens (including phenoxy) is 2. The molecule has 114 valence electrons. The monoisotopic (exact) mass is 514 g/mol. The van der Waals surface area contributed by atoms with Crippen LogP contribution < -0.4 is 25.0 Å². The Kier molecular flexibility index (Phi) is 3.36.